The lowest BCUT2D eigenvalue weighted by Gasteiger charge is -2.03. The molecule has 0 bridgehead atoms. The maximum Gasteiger partial charge on any atom is 0.160 e. The summed E-state index contributed by atoms with van der Waals surface area (Å²) in [5, 5.41) is 0. The molecule has 84 valence electrons. The van der Waals surface area contributed by atoms with Crippen molar-refractivity contribution in [3.8, 4) is 0 Å². The molecule has 2 rings (SSSR count). The summed E-state index contributed by atoms with van der Waals surface area (Å²) >= 11 is 0. The molecule has 0 N–H and O–H groups in total. The lowest BCUT2D eigenvalue weighted by atomic mass is 10.0. The number of hydrogen-bond acceptors (Lipinski definition) is 2. The largest absolute Gasteiger partial charge is 0.294 e. The minimum atomic E-state index is 0.0630. The second-order valence-electron chi connectivity index (χ2n) is 3.76. The highest BCUT2D eigenvalue weighted by Gasteiger charge is 2.06. The number of rotatable bonds is 3. The number of carbonyl (C=O) groups is 1. The molecular weight excluding hydrogens is 210 g/mol. The van der Waals surface area contributed by atoms with Crippen molar-refractivity contribution in [2.45, 2.75) is 6.92 Å². The van der Waals surface area contributed by atoms with Crippen LogP contribution in [0.5, 0.6) is 0 Å². The number of ketones is 1. The fraction of sp³-hybridized carbons (Fsp3) is 0.0667. The van der Waals surface area contributed by atoms with Gasteiger partial charge in [-0.1, -0.05) is 30.3 Å². The molecule has 0 unspecified atom stereocenters. The van der Waals surface area contributed by atoms with Crippen molar-refractivity contribution < 1.29 is 4.79 Å². The van der Waals surface area contributed by atoms with Crippen molar-refractivity contribution in [3.63, 3.8) is 0 Å². The van der Waals surface area contributed by atoms with E-state index in [0.717, 1.165) is 16.7 Å². The fourth-order valence-electron chi connectivity index (χ4n) is 1.63. The number of aromatic nitrogens is 1. The smallest absolute Gasteiger partial charge is 0.160 e. The van der Waals surface area contributed by atoms with E-state index in [4.69, 9.17) is 0 Å². The van der Waals surface area contributed by atoms with Gasteiger partial charge in [0.05, 0.1) is 0 Å². The van der Waals surface area contributed by atoms with Gasteiger partial charge in [-0.2, -0.15) is 0 Å². The Bertz CT molecular complexity index is 529. The topological polar surface area (TPSA) is 30.0 Å². The molecule has 0 spiro atoms. The first-order valence-corrected chi connectivity index (χ1v) is 5.45. The van der Waals surface area contributed by atoms with Crippen LogP contribution in [-0.4, -0.2) is 10.8 Å². The molecule has 1 aromatic heterocycles. The van der Waals surface area contributed by atoms with E-state index in [1.807, 2.05) is 48.5 Å². The molecule has 0 amide bonds. The highest BCUT2D eigenvalue weighted by molar-refractivity contribution is 6.24. The summed E-state index contributed by atoms with van der Waals surface area (Å²) in [5.74, 6) is 0.0630. The molecule has 2 aromatic rings. The Kier molecular flexibility index (Phi) is 3.46. The van der Waals surface area contributed by atoms with Crippen LogP contribution >= 0.6 is 0 Å². The van der Waals surface area contributed by atoms with Crippen LogP contribution in [0.2, 0.25) is 0 Å². The lowest BCUT2D eigenvalue weighted by molar-refractivity contribution is -0.111. The van der Waals surface area contributed by atoms with Gasteiger partial charge in [0.2, 0.25) is 0 Å². The fourth-order valence-corrected chi connectivity index (χ4v) is 1.63. The van der Waals surface area contributed by atoms with Gasteiger partial charge in [-0.25, -0.2) is 0 Å². The van der Waals surface area contributed by atoms with E-state index in [-0.39, 0.29) is 5.78 Å². The summed E-state index contributed by atoms with van der Waals surface area (Å²) in [6, 6.07) is 13.4. The third kappa shape index (κ3) is 2.88. The summed E-state index contributed by atoms with van der Waals surface area (Å²) in [6.45, 7) is 1.58. The highest BCUT2D eigenvalue weighted by atomic mass is 16.1. The van der Waals surface area contributed by atoms with Crippen molar-refractivity contribution in [1.29, 1.82) is 0 Å². The molecule has 0 aliphatic carbocycles. The summed E-state index contributed by atoms with van der Waals surface area (Å²) < 4.78 is 0. The molecule has 2 heteroatoms. The minimum absolute atomic E-state index is 0.0630. The summed E-state index contributed by atoms with van der Waals surface area (Å²) in [5.41, 5.74) is 2.64. The molecule has 2 nitrogen and oxygen atoms in total. The number of pyridine rings is 1. The third-order valence-electron chi connectivity index (χ3n) is 2.48. The van der Waals surface area contributed by atoms with E-state index < -0.39 is 0 Å². The first-order chi connectivity index (χ1) is 8.27. The first kappa shape index (κ1) is 11.3. The van der Waals surface area contributed by atoms with E-state index in [1.54, 1.807) is 19.3 Å². The summed E-state index contributed by atoms with van der Waals surface area (Å²) in [4.78, 5) is 15.6. The van der Waals surface area contributed by atoms with Crippen LogP contribution in [0.15, 0.2) is 54.9 Å². The summed E-state index contributed by atoms with van der Waals surface area (Å²) in [7, 11) is 0. The number of hydrogen-bond donors (Lipinski definition) is 0. The first-order valence-electron chi connectivity index (χ1n) is 5.45. The lowest BCUT2D eigenvalue weighted by Crippen LogP contribution is -1.95. The normalized spacial score (nSPS) is 11.2. The molecule has 17 heavy (non-hydrogen) atoms. The van der Waals surface area contributed by atoms with Crippen LogP contribution < -0.4 is 0 Å². The Morgan fingerprint density at radius 2 is 1.71 bits per heavy atom. The van der Waals surface area contributed by atoms with Crippen LogP contribution in [0.1, 0.15) is 18.1 Å². The van der Waals surface area contributed by atoms with Crippen LogP contribution in [-0.2, 0) is 4.79 Å². The minimum Gasteiger partial charge on any atom is -0.294 e. The van der Waals surface area contributed by atoms with Gasteiger partial charge in [-0.3, -0.25) is 9.78 Å². The predicted molar refractivity (Wildman–Crippen MR) is 69.2 cm³/mol. The second kappa shape index (κ2) is 5.21. The Morgan fingerprint density at radius 3 is 2.29 bits per heavy atom. The summed E-state index contributed by atoms with van der Waals surface area (Å²) in [6.07, 6.45) is 5.32. The van der Waals surface area contributed by atoms with E-state index in [2.05, 4.69) is 4.98 Å². The van der Waals surface area contributed by atoms with Gasteiger partial charge in [0.15, 0.2) is 5.78 Å². The van der Waals surface area contributed by atoms with Crippen LogP contribution in [0.3, 0.4) is 0 Å². The van der Waals surface area contributed by atoms with Crippen LogP contribution in [0.25, 0.3) is 11.6 Å². The van der Waals surface area contributed by atoms with Gasteiger partial charge < -0.3 is 0 Å². The van der Waals surface area contributed by atoms with Crippen molar-refractivity contribution in [2.24, 2.45) is 0 Å². The predicted octanol–water partition coefficient (Wildman–Crippen LogP) is 3.21. The van der Waals surface area contributed by atoms with Gasteiger partial charge in [-0.05, 0) is 36.3 Å². The molecule has 0 saturated heterocycles. The molecule has 1 heterocycles. The number of benzene rings is 1. The van der Waals surface area contributed by atoms with E-state index in [9.17, 15) is 4.79 Å². The second-order valence-corrected chi connectivity index (χ2v) is 3.76. The van der Waals surface area contributed by atoms with Gasteiger partial charge >= 0.3 is 0 Å². The number of nitrogens with zero attached hydrogens (tertiary/aromatic N) is 1. The molecule has 0 aliphatic heterocycles. The molecular formula is C15H13NO. The maximum atomic E-state index is 11.7. The number of Topliss-reactive ketones (excluding diaryl/α,β-unsaturated/α-hetero) is 1. The molecule has 0 atom stereocenters. The van der Waals surface area contributed by atoms with Gasteiger partial charge in [-0.15, -0.1) is 0 Å². The molecule has 1 aromatic carbocycles. The Morgan fingerprint density at radius 1 is 1.06 bits per heavy atom. The molecule has 0 radical (unpaired) electrons. The van der Waals surface area contributed by atoms with Gasteiger partial charge in [0.25, 0.3) is 0 Å². The van der Waals surface area contributed by atoms with Crippen LogP contribution in [0, 0.1) is 0 Å². The van der Waals surface area contributed by atoms with Gasteiger partial charge in [0, 0.05) is 18.0 Å². The quantitative estimate of drug-likeness (QED) is 0.748. The zero-order valence-electron chi connectivity index (χ0n) is 9.63. The average molecular weight is 223 g/mol. The standard InChI is InChI=1S/C15H13NO/c1-12(17)15(14-5-3-2-4-6-14)11-13-7-9-16-10-8-13/h2-11H,1H3/b15-11+. The van der Waals surface area contributed by atoms with Crippen LogP contribution in [0.4, 0.5) is 0 Å². The molecule has 0 fully saturated rings. The molecule has 0 saturated carbocycles. The highest BCUT2D eigenvalue weighted by Crippen LogP contribution is 2.18. The van der Waals surface area contributed by atoms with Crippen molar-refractivity contribution in [1.82, 2.24) is 4.98 Å². The third-order valence-corrected chi connectivity index (χ3v) is 2.48. The zero-order valence-corrected chi connectivity index (χ0v) is 9.63. The van der Waals surface area contributed by atoms with Crippen molar-refractivity contribution >= 4 is 17.4 Å². The van der Waals surface area contributed by atoms with Gasteiger partial charge in [0.1, 0.15) is 0 Å². The Balaban J connectivity index is 2.44. The van der Waals surface area contributed by atoms with E-state index >= 15 is 0 Å². The monoisotopic (exact) mass is 223 g/mol. The molecule has 0 aliphatic rings. The number of allylic oxidation sites excluding steroid dienone is 1. The zero-order chi connectivity index (χ0) is 12.1. The van der Waals surface area contributed by atoms with Crippen molar-refractivity contribution in [2.75, 3.05) is 0 Å². The number of carbonyl (C=O) groups excluding carboxylic acids is 1. The van der Waals surface area contributed by atoms with E-state index in [0.29, 0.717) is 0 Å². The Hall–Kier alpha value is -2.22. The Labute approximate surface area is 101 Å². The van der Waals surface area contributed by atoms with Crippen molar-refractivity contribution in [3.05, 3.63) is 66.0 Å². The average Bonchev–Trinajstić information content (AvgIpc) is 2.38. The SMILES string of the molecule is CC(=O)/C(=C\c1ccncc1)c1ccccc1. The van der Waals surface area contributed by atoms with E-state index in [1.165, 1.54) is 0 Å². The maximum absolute atomic E-state index is 11.7.